The summed E-state index contributed by atoms with van der Waals surface area (Å²) in [6, 6.07) is 5.59. The molecule has 1 rings (SSSR count). The highest BCUT2D eigenvalue weighted by molar-refractivity contribution is 5.30. The number of aryl methyl sites for hydroxylation is 2. The molecular formula is C11H16O3. The molecule has 3 heteroatoms. The van der Waals surface area contributed by atoms with Crippen molar-refractivity contribution in [2.24, 2.45) is 0 Å². The Bertz CT molecular complexity index is 289. The quantitative estimate of drug-likeness (QED) is 0.666. The second-order valence-corrected chi connectivity index (χ2v) is 3.62. The van der Waals surface area contributed by atoms with Gasteiger partial charge in [0.25, 0.3) is 0 Å². The summed E-state index contributed by atoms with van der Waals surface area (Å²) in [6.45, 7) is 3.41. The Labute approximate surface area is 83.6 Å². The van der Waals surface area contributed by atoms with Crippen molar-refractivity contribution in [1.29, 1.82) is 0 Å². The highest BCUT2D eigenvalue weighted by Gasteiger charge is 2.17. The second-order valence-electron chi connectivity index (χ2n) is 3.62. The fourth-order valence-electron chi connectivity index (χ4n) is 1.50. The molecule has 1 aromatic rings. The predicted molar refractivity (Wildman–Crippen MR) is 54.0 cm³/mol. The number of hydrogen-bond donors (Lipinski definition) is 3. The van der Waals surface area contributed by atoms with E-state index in [0.717, 1.165) is 11.1 Å². The van der Waals surface area contributed by atoms with Crippen molar-refractivity contribution in [1.82, 2.24) is 0 Å². The third kappa shape index (κ3) is 2.54. The van der Waals surface area contributed by atoms with Crippen LogP contribution in [-0.2, 0) is 0 Å². The Morgan fingerprint density at radius 1 is 1.07 bits per heavy atom. The van der Waals surface area contributed by atoms with Gasteiger partial charge in [-0.1, -0.05) is 29.3 Å². The third-order valence-corrected chi connectivity index (χ3v) is 2.14. The van der Waals surface area contributed by atoms with Crippen LogP contribution in [0.15, 0.2) is 18.2 Å². The van der Waals surface area contributed by atoms with Crippen LogP contribution in [0.25, 0.3) is 0 Å². The van der Waals surface area contributed by atoms with Crippen LogP contribution in [-0.4, -0.2) is 28.0 Å². The number of benzene rings is 1. The highest BCUT2D eigenvalue weighted by atomic mass is 16.4. The molecule has 3 nitrogen and oxygen atoms in total. The van der Waals surface area contributed by atoms with Crippen LogP contribution in [0.5, 0.6) is 0 Å². The minimum Gasteiger partial charge on any atom is -0.394 e. The van der Waals surface area contributed by atoms with E-state index in [-0.39, 0.29) is 0 Å². The van der Waals surface area contributed by atoms with Crippen molar-refractivity contribution in [2.75, 3.05) is 6.61 Å². The molecule has 0 aliphatic carbocycles. The molecule has 14 heavy (non-hydrogen) atoms. The lowest BCUT2D eigenvalue weighted by molar-refractivity contribution is -0.0153. The van der Waals surface area contributed by atoms with Crippen molar-refractivity contribution in [3.8, 4) is 0 Å². The standard InChI is InChI=1S/C11H16O3/c1-7-3-8(2)5-9(4-7)11(14)10(13)6-12/h3-5,10-14H,6H2,1-2H3. The number of aliphatic hydroxyl groups excluding tert-OH is 3. The predicted octanol–water partition coefficient (Wildman–Crippen LogP) is 0.690. The molecule has 2 unspecified atom stereocenters. The average molecular weight is 196 g/mol. The fraction of sp³-hybridized carbons (Fsp3) is 0.455. The Hall–Kier alpha value is -0.900. The molecular weight excluding hydrogens is 180 g/mol. The zero-order valence-electron chi connectivity index (χ0n) is 8.44. The highest BCUT2D eigenvalue weighted by Crippen LogP contribution is 2.19. The number of rotatable bonds is 3. The van der Waals surface area contributed by atoms with Gasteiger partial charge in [-0.2, -0.15) is 0 Å². The summed E-state index contributed by atoms with van der Waals surface area (Å²) in [7, 11) is 0. The lowest BCUT2D eigenvalue weighted by atomic mass is 10.0. The summed E-state index contributed by atoms with van der Waals surface area (Å²) in [6.07, 6.45) is -2.13. The third-order valence-electron chi connectivity index (χ3n) is 2.14. The number of aliphatic hydroxyl groups is 3. The maximum Gasteiger partial charge on any atom is 0.107 e. The number of hydrogen-bond acceptors (Lipinski definition) is 3. The Balaban J connectivity index is 2.94. The van der Waals surface area contributed by atoms with Gasteiger partial charge in [0.2, 0.25) is 0 Å². The van der Waals surface area contributed by atoms with E-state index in [0.29, 0.717) is 5.56 Å². The van der Waals surface area contributed by atoms with Crippen LogP contribution < -0.4 is 0 Å². The first-order chi connectivity index (χ1) is 6.54. The molecule has 0 aliphatic rings. The molecule has 2 atom stereocenters. The molecule has 0 bridgehead atoms. The van der Waals surface area contributed by atoms with Crippen LogP contribution in [0.1, 0.15) is 22.8 Å². The van der Waals surface area contributed by atoms with E-state index < -0.39 is 18.8 Å². The largest absolute Gasteiger partial charge is 0.394 e. The molecule has 0 amide bonds. The summed E-state index contributed by atoms with van der Waals surface area (Å²) < 4.78 is 0. The molecule has 1 aromatic carbocycles. The van der Waals surface area contributed by atoms with Gasteiger partial charge in [-0.05, 0) is 19.4 Å². The molecule has 0 radical (unpaired) electrons. The van der Waals surface area contributed by atoms with Gasteiger partial charge in [-0.25, -0.2) is 0 Å². The van der Waals surface area contributed by atoms with E-state index in [2.05, 4.69) is 0 Å². The normalized spacial score (nSPS) is 15.2. The van der Waals surface area contributed by atoms with Crippen LogP contribution in [0, 0.1) is 13.8 Å². The molecule has 0 saturated heterocycles. The molecule has 78 valence electrons. The van der Waals surface area contributed by atoms with Crippen LogP contribution in [0.4, 0.5) is 0 Å². The van der Waals surface area contributed by atoms with Crippen molar-refractivity contribution >= 4 is 0 Å². The minimum absolute atomic E-state index is 0.436. The lowest BCUT2D eigenvalue weighted by Crippen LogP contribution is -2.22. The van der Waals surface area contributed by atoms with Gasteiger partial charge in [-0.15, -0.1) is 0 Å². The van der Waals surface area contributed by atoms with Crippen molar-refractivity contribution in [2.45, 2.75) is 26.1 Å². The van der Waals surface area contributed by atoms with Gasteiger partial charge in [0.15, 0.2) is 0 Å². The van der Waals surface area contributed by atoms with Crippen molar-refractivity contribution < 1.29 is 15.3 Å². The molecule has 0 fully saturated rings. The summed E-state index contributed by atoms with van der Waals surface area (Å²) in [5.74, 6) is 0. The van der Waals surface area contributed by atoms with E-state index in [9.17, 15) is 10.2 Å². The van der Waals surface area contributed by atoms with Gasteiger partial charge >= 0.3 is 0 Å². The summed E-state index contributed by atoms with van der Waals surface area (Å²) >= 11 is 0. The van der Waals surface area contributed by atoms with E-state index in [1.807, 2.05) is 19.9 Å². The van der Waals surface area contributed by atoms with Gasteiger partial charge in [0.05, 0.1) is 6.61 Å². The summed E-state index contributed by atoms with van der Waals surface area (Å²) in [5, 5.41) is 27.6. The van der Waals surface area contributed by atoms with E-state index in [1.54, 1.807) is 12.1 Å². The van der Waals surface area contributed by atoms with Crippen LogP contribution in [0.3, 0.4) is 0 Å². The monoisotopic (exact) mass is 196 g/mol. The van der Waals surface area contributed by atoms with E-state index in [4.69, 9.17) is 5.11 Å². The molecule has 0 aliphatic heterocycles. The summed E-state index contributed by atoms with van der Waals surface area (Å²) in [5.41, 5.74) is 2.71. The molecule has 0 heterocycles. The molecule has 0 aromatic heterocycles. The zero-order chi connectivity index (χ0) is 10.7. The maximum absolute atomic E-state index is 9.63. The van der Waals surface area contributed by atoms with E-state index >= 15 is 0 Å². The molecule has 3 N–H and O–H groups in total. The molecule has 0 saturated carbocycles. The molecule has 0 spiro atoms. The van der Waals surface area contributed by atoms with Gasteiger partial charge in [-0.3, -0.25) is 0 Å². The zero-order valence-corrected chi connectivity index (χ0v) is 8.44. The summed E-state index contributed by atoms with van der Waals surface area (Å²) in [4.78, 5) is 0. The van der Waals surface area contributed by atoms with Crippen LogP contribution in [0.2, 0.25) is 0 Å². The fourth-order valence-corrected chi connectivity index (χ4v) is 1.50. The van der Waals surface area contributed by atoms with Gasteiger partial charge in [0, 0.05) is 0 Å². The van der Waals surface area contributed by atoms with Gasteiger partial charge in [0.1, 0.15) is 12.2 Å². The van der Waals surface area contributed by atoms with Gasteiger partial charge < -0.3 is 15.3 Å². The maximum atomic E-state index is 9.63. The first-order valence-electron chi connectivity index (χ1n) is 4.59. The SMILES string of the molecule is Cc1cc(C)cc(C(O)C(O)CO)c1. The average Bonchev–Trinajstić information content (AvgIpc) is 2.14. The topological polar surface area (TPSA) is 60.7 Å². The smallest absolute Gasteiger partial charge is 0.107 e. The van der Waals surface area contributed by atoms with Crippen LogP contribution >= 0.6 is 0 Å². The first-order valence-corrected chi connectivity index (χ1v) is 4.59. The van der Waals surface area contributed by atoms with Crippen molar-refractivity contribution in [3.63, 3.8) is 0 Å². The minimum atomic E-state index is -1.11. The second kappa shape index (κ2) is 4.55. The van der Waals surface area contributed by atoms with E-state index in [1.165, 1.54) is 0 Å². The Morgan fingerprint density at radius 2 is 1.57 bits per heavy atom. The Kier molecular flexibility index (Phi) is 3.63. The lowest BCUT2D eigenvalue weighted by Gasteiger charge is -2.16. The van der Waals surface area contributed by atoms with Crippen molar-refractivity contribution in [3.05, 3.63) is 34.9 Å². The Morgan fingerprint density at radius 3 is 2.00 bits per heavy atom. The first kappa shape index (κ1) is 11.2.